The maximum atomic E-state index is 6.92. The molecule has 0 aliphatic rings. The molecule has 0 aliphatic heterocycles. The molecule has 1 unspecified atom stereocenters. The van der Waals surface area contributed by atoms with Crippen molar-refractivity contribution in [1.29, 1.82) is 0 Å². The van der Waals surface area contributed by atoms with Gasteiger partial charge >= 0.3 is 0 Å². The largest absolute Gasteiger partial charge is 0.380 e. The molecular weight excluding hydrogens is 263 g/mol. The molecule has 100 valence electrons. The molecule has 0 amide bonds. The molecule has 0 radical (unpaired) electrons. The fraction of sp³-hybridized carbons (Fsp3) is 0. The minimum Gasteiger partial charge on any atom is -0.380 e. The molecule has 0 fully saturated rings. The second kappa shape index (κ2) is 7.59. The molecule has 2 heteroatoms. The molecule has 1 nitrogen and oxygen atoms in total. The van der Waals surface area contributed by atoms with Gasteiger partial charge in [-0.15, -0.1) is 0 Å². The zero-order valence-corrected chi connectivity index (χ0v) is 12.3. The Bertz CT molecular complexity index is 577. The molecule has 1 N–H and O–H groups in total. The van der Waals surface area contributed by atoms with Crippen LogP contribution in [0.25, 0.3) is 22.3 Å². The van der Waals surface area contributed by atoms with E-state index in [2.05, 4.69) is 84.9 Å². The fourth-order valence-electron chi connectivity index (χ4n) is 2.22. The first-order valence-corrected chi connectivity index (χ1v) is 6.92. The molecule has 0 heterocycles. The lowest BCUT2D eigenvalue weighted by Gasteiger charge is -2.09. The van der Waals surface area contributed by atoms with Crippen molar-refractivity contribution in [1.82, 2.24) is 0 Å². The van der Waals surface area contributed by atoms with Crippen molar-refractivity contribution in [2.24, 2.45) is 0 Å². The molecule has 3 aromatic carbocycles. The molecule has 20 heavy (non-hydrogen) atoms. The van der Waals surface area contributed by atoms with E-state index in [4.69, 9.17) is 4.89 Å². The summed E-state index contributed by atoms with van der Waals surface area (Å²) in [4.78, 5) is 6.92. The number of rotatable bonds is 2. The minimum atomic E-state index is 1.26. The number of hydrogen-bond acceptors (Lipinski definition) is 1. The third kappa shape index (κ3) is 3.33. The van der Waals surface area contributed by atoms with Gasteiger partial charge in [0.1, 0.15) is 0 Å². The van der Waals surface area contributed by atoms with E-state index in [0.29, 0.717) is 0 Å². The highest BCUT2D eigenvalue weighted by Crippen LogP contribution is 2.31. The number of benzene rings is 3. The van der Waals surface area contributed by atoms with E-state index in [9.17, 15) is 0 Å². The summed E-state index contributed by atoms with van der Waals surface area (Å²) in [5.74, 6) is 0. The van der Waals surface area contributed by atoms with Crippen LogP contribution in [0.4, 0.5) is 0 Å². The Morgan fingerprint density at radius 1 is 0.450 bits per heavy atom. The Kier molecular flexibility index (Phi) is 5.49. The van der Waals surface area contributed by atoms with Crippen LogP contribution in [0, 0.1) is 0 Å². The van der Waals surface area contributed by atoms with E-state index < -0.39 is 0 Å². The van der Waals surface area contributed by atoms with Gasteiger partial charge in [0.25, 0.3) is 0 Å². The molecule has 0 bridgehead atoms. The summed E-state index contributed by atoms with van der Waals surface area (Å²) < 4.78 is 0. The van der Waals surface area contributed by atoms with Crippen LogP contribution in [0.1, 0.15) is 0 Å². The van der Waals surface area contributed by atoms with Crippen LogP contribution in [-0.4, -0.2) is 4.89 Å². The fourth-order valence-corrected chi connectivity index (χ4v) is 2.22. The predicted octanol–water partition coefficient (Wildman–Crippen LogP) is 4.79. The van der Waals surface area contributed by atoms with Crippen molar-refractivity contribution in [3.8, 4) is 22.3 Å². The van der Waals surface area contributed by atoms with Gasteiger partial charge in [0, 0.05) is 0 Å². The van der Waals surface area contributed by atoms with Gasteiger partial charge in [0.2, 0.25) is 0 Å². The van der Waals surface area contributed by atoms with Gasteiger partial charge in [-0.05, 0) is 31.7 Å². The van der Waals surface area contributed by atoms with Crippen molar-refractivity contribution in [2.75, 3.05) is 0 Å². The summed E-state index contributed by atoms with van der Waals surface area (Å²) in [5.41, 5.74) is 5.09. The maximum Gasteiger partial charge on any atom is -0.00391 e. The second-order valence-corrected chi connectivity index (χ2v) is 4.28. The molecular formula is C18H17OP. The summed E-state index contributed by atoms with van der Waals surface area (Å²) in [6.07, 6.45) is 0. The average Bonchev–Trinajstić information content (AvgIpc) is 2.58. The first-order chi connectivity index (χ1) is 9.95. The quantitative estimate of drug-likeness (QED) is 0.669. The molecule has 1 atom stereocenters. The minimum absolute atomic E-state index is 1.26. The van der Waals surface area contributed by atoms with Crippen LogP contribution >= 0.6 is 9.47 Å². The van der Waals surface area contributed by atoms with Crippen molar-refractivity contribution < 1.29 is 4.89 Å². The van der Waals surface area contributed by atoms with Gasteiger partial charge < -0.3 is 4.89 Å². The Morgan fingerprint density at radius 2 is 0.750 bits per heavy atom. The first kappa shape index (κ1) is 14.5. The van der Waals surface area contributed by atoms with E-state index in [0.717, 1.165) is 0 Å². The van der Waals surface area contributed by atoms with Gasteiger partial charge in [-0.3, -0.25) is 0 Å². The summed E-state index contributed by atoms with van der Waals surface area (Å²) >= 11 is 0. The lowest BCUT2D eigenvalue weighted by Crippen LogP contribution is -1.83. The third-order valence-corrected chi connectivity index (χ3v) is 3.10. The molecule has 3 rings (SSSR count). The normalized spacial score (nSPS) is 9.50. The molecule has 0 spiro atoms. The van der Waals surface area contributed by atoms with Crippen LogP contribution in [-0.2, 0) is 0 Å². The van der Waals surface area contributed by atoms with Gasteiger partial charge in [0.05, 0.1) is 0 Å². The van der Waals surface area contributed by atoms with Gasteiger partial charge in [-0.2, -0.15) is 0 Å². The van der Waals surface area contributed by atoms with Crippen LogP contribution in [0.15, 0.2) is 84.9 Å². The molecule has 0 saturated heterocycles. The zero-order valence-electron chi connectivity index (χ0n) is 11.1. The van der Waals surface area contributed by atoms with Gasteiger partial charge in [0.15, 0.2) is 0 Å². The van der Waals surface area contributed by atoms with Crippen molar-refractivity contribution in [3.63, 3.8) is 0 Å². The van der Waals surface area contributed by atoms with Crippen LogP contribution in [0.3, 0.4) is 0 Å². The van der Waals surface area contributed by atoms with Gasteiger partial charge in [-0.1, -0.05) is 84.9 Å². The zero-order chi connectivity index (χ0) is 14.2. The highest BCUT2D eigenvalue weighted by atomic mass is 31.0. The summed E-state index contributed by atoms with van der Waals surface area (Å²) in [6.45, 7) is 0. The number of hydrogen-bond donors (Lipinski definition) is 1. The molecule has 0 aliphatic carbocycles. The lowest BCUT2D eigenvalue weighted by atomic mass is 9.95. The van der Waals surface area contributed by atoms with E-state index in [1.54, 1.807) is 0 Å². The molecule has 0 saturated carbocycles. The maximum absolute atomic E-state index is 6.92. The van der Waals surface area contributed by atoms with Crippen molar-refractivity contribution in [3.05, 3.63) is 84.9 Å². The summed E-state index contributed by atoms with van der Waals surface area (Å²) in [5, 5.41) is 0. The smallest absolute Gasteiger partial charge is 0.00391 e. The average molecular weight is 280 g/mol. The predicted molar refractivity (Wildman–Crippen MR) is 89.2 cm³/mol. The van der Waals surface area contributed by atoms with E-state index in [-0.39, 0.29) is 0 Å². The van der Waals surface area contributed by atoms with Crippen molar-refractivity contribution >= 4 is 9.47 Å². The van der Waals surface area contributed by atoms with Crippen LogP contribution < -0.4 is 0 Å². The second-order valence-electron chi connectivity index (χ2n) is 4.28. The van der Waals surface area contributed by atoms with Crippen LogP contribution in [0.2, 0.25) is 0 Å². The standard InChI is InChI=1S/C18H14.H3OP/c1-3-9-15(10-4-1)17-13-7-8-14-18(17)16-11-5-2-6-12-16;1-2/h1-14H;1H,2H2. The topological polar surface area (TPSA) is 20.2 Å². The monoisotopic (exact) mass is 280 g/mol. The van der Waals surface area contributed by atoms with Crippen molar-refractivity contribution in [2.45, 2.75) is 0 Å². The van der Waals surface area contributed by atoms with E-state index >= 15 is 0 Å². The lowest BCUT2D eigenvalue weighted by molar-refractivity contribution is 0.664. The van der Waals surface area contributed by atoms with Gasteiger partial charge in [-0.25, -0.2) is 0 Å². The highest BCUT2D eigenvalue weighted by molar-refractivity contribution is 7.08. The van der Waals surface area contributed by atoms with E-state index in [1.807, 2.05) is 0 Å². The SMILES string of the molecule is OP.c1ccc(-c2ccccc2-c2ccccc2)cc1. The first-order valence-electron chi connectivity index (χ1n) is 6.41. The van der Waals surface area contributed by atoms with Crippen LogP contribution in [0.5, 0.6) is 0 Å². The third-order valence-electron chi connectivity index (χ3n) is 3.10. The Hall–Kier alpha value is -1.95. The summed E-state index contributed by atoms with van der Waals surface area (Å²) in [7, 11) is 1.42. The Morgan fingerprint density at radius 3 is 1.10 bits per heavy atom. The highest BCUT2D eigenvalue weighted by Gasteiger charge is 2.05. The Balaban J connectivity index is 0.000000704. The molecule has 3 aromatic rings. The Labute approximate surface area is 122 Å². The molecule has 0 aromatic heterocycles. The summed E-state index contributed by atoms with van der Waals surface area (Å²) in [6, 6.07) is 29.6. The van der Waals surface area contributed by atoms with E-state index in [1.165, 1.54) is 31.7 Å².